The minimum Gasteiger partial charge on any atom is -0.352 e. The highest BCUT2D eigenvalue weighted by Crippen LogP contribution is 2.34. The molecule has 1 N–H and O–H groups in total. The molecule has 1 saturated heterocycles. The summed E-state index contributed by atoms with van der Waals surface area (Å²) < 4.78 is 0. The van der Waals surface area contributed by atoms with Crippen molar-refractivity contribution in [2.24, 2.45) is 11.8 Å². The molecule has 0 radical (unpaired) electrons. The van der Waals surface area contributed by atoms with E-state index in [0.717, 1.165) is 12.3 Å². The Balaban J connectivity index is 1.89. The Hall–Kier alpha value is -0.530. The summed E-state index contributed by atoms with van der Waals surface area (Å²) in [6.07, 6.45) is 7.82. The van der Waals surface area contributed by atoms with Gasteiger partial charge in [0.1, 0.15) is 0 Å². The van der Waals surface area contributed by atoms with Crippen LogP contribution >= 0.6 is 0 Å². The van der Waals surface area contributed by atoms with Crippen LogP contribution in [-0.2, 0) is 4.79 Å². The van der Waals surface area contributed by atoms with Gasteiger partial charge >= 0.3 is 0 Å². The van der Waals surface area contributed by atoms with Crippen molar-refractivity contribution in [3.8, 4) is 0 Å². The highest BCUT2D eigenvalue weighted by atomic mass is 16.2. The molecule has 1 heterocycles. The highest BCUT2D eigenvalue weighted by molar-refractivity contribution is 5.85. The molecular weight excluding hydrogens is 162 g/mol. The van der Waals surface area contributed by atoms with Gasteiger partial charge in [0, 0.05) is 6.04 Å². The summed E-state index contributed by atoms with van der Waals surface area (Å²) in [6.45, 7) is 2.12. The molecule has 1 aliphatic heterocycles. The molecule has 2 aliphatic rings. The van der Waals surface area contributed by atoms with Crippen LogP contribution in [0.2, 0.25) is 0 Å². The van der Waals surface area contributed by atoms with Crippen molar-refractivity contribution in [3.05, 3.63) is 0 Å². The van der Waals surface area contributed by atoms with Gasteiger partial charge in [-0.05, 0) is 25.2 Å². The maximum absolute atomic E-state index is 11.2. The summed E-state index contributed by atoms with van der Waals surface area (Å²) in [7, 11) is 0. The molecule has 2 rings (SSSR count). The van der Waals surface area contributed by atoms with E-state index in [1.54, 1.807) is 0 Å². The first-order valence-corrected chi connectivity index (χ1v) is 5.63. The largest absolute Gasteiger partial charge is 0.352 e. The number of rotatable bonds is 2. The van der Waals surface area contributed by atoms with Crippen LogP contribution in [0.25, 0.3) is 0 Å². The third-order valence-corrected chi connectivity index (χ3v) is 3.68. The molecule has 0 bridgehead atoms. The first-order chi connectivity index (χ1) is 6.33. The van der Waals surface area contributed by atoms with E-state index >= 15 is 0 Å². The minimum atomic E-state index is 0.290. The fourth-order valence-electron chi connectivity index (χ4n) is 2.82. The van der Waals surface area contributed by atoms with E-state index in [-0.39, 0.29) is 5.91 Å². The summed E-state index contributed by atoms with van der Waals surface area (Å²) in [4.78, 5) is 11.2. The highest BCUT2D eigenvalue weighted by Gasteiger charge is 2.42. The van der Waals surface area contributed by atoms with Crippen molar-refractivity contribution in [1.82, 2.24) is 5.32 Å². The number of hydrogen-bond donors (Lipinski definition) is 1. The molecule has 2 fully saturated rings. The van der Waals surface area contributed by atoms with Crippen molar-refractivity contribution in [2.45, 2.75) is 51.5 Å². The van der Waals surface area contributed by atoms with Crippen molar-refractivity contribution in [1.29, 1.82) is 0 Å². The zero-order valence-electron chi connectivity index (χ0n) is 8.38. The standard InChI is InChI=1S/C11H19NO/c1-2-9-10(12-11(9)13)8-6-4-3-5-7-8/h8-10H,2-7H2,1H3,(H,12,13). The van der Waals surface area contributed by atoms with Crippen molar-refractivity contribution in [2.75, 3.05) is 0 Å². The Morgan fingerprint density at radius 2 is 2.00 bits per heavy atom. The molecule has 2 atom stereocenters. The van der Waals surface area contributed by atoms with E-state index < -0.39 is 0 Å². The summed E-state index contributed by atoms with van der Waals surface area (Å²) in [5.74, 6) is 1.41. The van der Waals surface area contributed by atoms with E-state index in [1.807, 2.05) is 0 Å². The van der Waals surface area contributed by atoms with Gasteiger partial charge in [0.15, 0.2) is 0 Å². The molecule has 74 valence electrons. The van der Waals surface area contributed by atoms with E-state index in [1.165, 1.54) is 32.1 Å². The van der Waals surface area contributed by atoms with Gasteiger partial charge in [-0.3, -0.25) is 4.79 Å². The van der Waals surface area contributed by atoms with Crippen LogP contribution in [0.15, 0.2) is 0 Å². The van der Waals surface area contributed by atoms with Gasteiger partial charge in [-0.25, -0.2) is 0 Å². The SMILES string of the molecule is CCC1C(=O)NC1C1CCCCC1. The van der Waals surface area contributed by atoms with Crippen molar-refractivity contribution >= 4 is 5.91 Å². The first kappa shape index (κ1) is 9.04. The number of nitrogens with one attached hydrogen (secondary N) is 1. The lowest BCUT2D eigenvalue weighted by Crippen LogP contribution is -2.61. The lowest BCUT2D eigenvalue weighted by atomic mass is 9.73. The van der Waals surface area contributed by atoms with Crippen LogP contribution in [0.1, 0.15) is 45.4 Å². The van der Waals surface area contributed by atoms with Gasteiger partial charge in [0.2, 0.25) is 5.91 Å². The zero-order valence-corrected chi connectivity index (χ0v) is 8.38. The smallest absolute Gasteiger partial charge is 0.225 e. The molecule has 1 amide bonds. The van der Waals surface area contributed by atoms with E-state index in [2.05, 4.69) is 12.2 Å². The van der Waals surface area contributed by atoms with Gasteiger partial charge in [-0.1, -0.05) is 26.2 Å². The number of β-lactam (4-membered cyclic amide) rings is 1. The number of carbonyl (C=O) groups excluding carboxylic acids is 1. The zero-order chi connectivity index (χ0) is 9.26. The van der Waals surface area contributed by atoms with E-state index in [9.17, 15) is 4.79 Å². The van der Waals surface area contributed by atoms with E-state index in [4.69, 9.17) is 0 Å². The van der Waals surface area contributed by atoms with Crippen LogP contribution in [-0.4, -0.2) is 11.9 Å². The lowest BCUT2D eigenvalue weighted by molar-refractivity contribution is -0.137. The quantitative estimate of drug-likeness (QED) is 0.649. The fraction of sp³-hybridized carbons (Fsp3) is 0.909. The monoisotopic (exact) mass is 181 g/mol. The second kappa shape index (κ2) is 3.69. The van der Waals surface area contributed by atoms with Crippen LogP contribution in [0, 0.1) is 11.8 Å². The second-order valence-electron chi connectivity index (χ2n) is 4.45. The minimum absolute atomic E-state index is 0.290. The van der Waals surface area contributed by atoms with Crippen LogP contribution < -0.4 is 5.32 Å². The van der Waals surface area contributed by atoms with Crippen molar-refractivity contribution in [3.63, 3.8) is 0 Å². The number of carbonyl (C=O) groups is 1. The fourth-order valence-corrected chi connectivity index (χ4v) is 2.82. The molecule has 0 aromatic heterocycles. The molecule has 1 saturated carbocycles. The van der Waals surface area contributed by atoms with E-state index in [0.29, 0.717) is 12.0 Å². The number of hydrogen-bond acceptors (Lipinski definition) is 1. The molecule has 0 aromatic carbocycles. The lowest BCUT2D eigenvalue weighted by Gasteiger charge is -2.43. The van der Waals surface area contributed by atoms with Gasteiger partial charge < -0.3 is 5.32 Å². The third kappa shape index (κ3) is 1.59. The second-order valence-corrected chi connectivity index (χ2v) is 4.45. The molecule has 2 heteroatoms. The molecule has 2 nitrogen and oxygen atoms in total. The first-order valence-electron chi connectivity index (χ1n) is 5.63. The summed E-state index contributed by atoms with van der Waals surface area (Å²) >= 11 is 0. The summed E-state index contributed by atoms with van der Waals surface area (Å²) in [5, 5.41) is 3.07. The Kier molecular flexibility index (Phi) is 2.56. The molecule has 0 spiro atoms. The van der Waals surface area contributed by atoms with Gasteiger partial charge in [-0.15, -0.1) is 0 Å². The molecular formula is C11H19NO. The maximum Gasteiger partial charge on any atom is 0.225 e. The third-order valence-electron chi connectivity index (χ3n) is 3.68. The molecule has 1 aliphatic carbocycles. The normalized spacial score (nSPS) is 35.3. The molecule has 2 unspecified atom stereocenters. The Labute approximate surface area is 80.1 Å². The Morgan fingerprint density at radius 3 is 2.54 bits per heavy atom. The molecule has 0 aromatic rings. The van der Waals surface area contributed by atoms with Crippen LogP contribution in [0.4, 0.5) is 0 Å². The summed E-state index contributed by atoms with van der Waals surface area (Å²) in [5.41, 5.74) is 0. The van der Waals surface area contributed by atoms with Gasteiger partial charge in [-0.2, -0.15) is 0 Å². The van der Waals surface area contributed by atoms with Crippen LogP contribution in [0.5, 0.6) is 0 Å². The molecule has 13 heavy (non-hydrogen) atoms. The maximum atomic E-state index is 11.2. The number of amides is 1. The van der Waals surface area contributed by atoms with Crippen molar-refractivity contribution < 1.29 is 4.79 Å². The van der Waals surface area contributed by atoms with Gasteiger partial charge in [0.05, 0.1) is 5.92 Å². The summed E-state index contributed by atoms with van der Waals surface area (Å²) in [6, 6.07) is 0.526. The predicted molar refractivity (Wildman–Crippen MR) is 52.3 cm³/mol. The topological polar surface area (TPSA) is 29.1 Å². The average Bonchev–Trinajstić information content (AvgIpc) is 2.16. The Bertz CT molecular complexity index is 196. The Morgan fingerprint density at radius 1 is 1.31 bits per heavy atom. The van der Waals surface area contributed by atoms with Gasteiger partial charge in [0.25, 0.3) is 0 Å². The predicted octanol–water partition coefficient (Wildman–Crippen LogP) is 2.09. The average molecular weight is 181 g/mol. The van der Waals surface area contributed by atoms with Crippen LogP contribution in [0.3, 0.4) is 0 Å².